The zero-order valence-electron chi connectivity index (χ0n) is 10.6. The lowest BCUT2D eigenvalue weighted by atomic mass is 10.1. The smallest absolute Gasteiger partial charge is 0.0938 e. The zero-order chi connectivity index (χ0) is 12.1. The van der Waals surface area contributed by atoms with Crippen molar-refractivity contribution in [2.75, 3.05) is 6.54 Å². The summed E-state index contributed by atoms with van der Waals surface area (Å²) in [7, 11) is 0. The number of hydrogen-bond acceptors (Lipinski definition) is 3. The molecule has 0 aliphatic heterocycles. The molecule has 2 rings (SSSR count). The van der Waals surface area contributed by atoms with E-state index in [4.69, 9.17) is 0 Å². The zero-order valence-corrected chi connectivity index (χ0v) is 11.4. The van der Waals surface area contributed by atoms with Crippen LogP contribution in [0.4, 0.5) is 0 Å². The summed E-state index contributed by atoms with van der Waals surface area (Å²) >= 11 is 1.83. The van der Waals surface area contributed by atoms with Gasteiger partial charge in [0.1, 0.15) is 0 Å². The molecule has 0 fully saturated rings. The van der Waals surface area contributed by atoms with Crippen LogP contribution in [0.25, 0.3) is 10.2 Å². The van der Waals surface area contributed by atoms with Crippen LogP contribution in [0.3, 0.4) is 0 Å². The summed E-state index contributed by atoms with van der Waals surface area (Å²) < 4.78 is 1.31. The molecule has 1 unspecified atom stereocenters. The van der Waals surface area contributed by atoms with Gasteiger partial charge in [0.2, 0.25) is 0 Å². The highest BCUT2D eigenvalue weighted by molar-refractivity contribution is 7.18. The second-order valence-electron chi connectivity index (χ2n) is 4.43. The molecule has 17 heavy (non-hydrogen) atoms. The Kier molecular flexibility index (Phi) is 4.51. The molecule has 1 atom stereocenters. The van der Waals surface area contributed by atoms with Crippen molar-refractivity contribution in [3.8, 4) is 0 Å². The average molecular weight is 248 g/mol. The van der Waals surface area contributed by atoms with Crippen molar-refractivity contribution >= 4 is 21.6 Å². The van der Waals surface area contributed by atoms with E-state index in [1.165, 1.54) is 22.5 Å². The van der Waals surface area contributed by atoms with Crippen LogP contribution in [0.1, 0.15) is 31.7 Å². The number of benzene rings is 1. The van der Waals surface area contributed by atoms with E-state index in [-0.39, 0.29) is 0 Å². The molecule has 1 aromatic carbocycles. The number of aromatic nitrogens is 1. The van der Waals surface area contributed by atoms with Crippen LogP contribution in [0, 0.1) is 0 Å². The molecule has 0 amide bonds. The number of nitrogens with one attached hydrogen (secondary N) is 1. The van der Waals surface area contributed by atoms with Gasteiger partial charge in [0.25, 0.3) is 0 Å². The van der Waals surface area contributed by atoms with Gasteiger partial charge in [0.05, 0.1) is 15.2 Å². The van der Waals surface area contributed by atoms with Gasteiger partial charge in [-0.05, 0) is 44.9 Å². The minimum absolute atomic E-state index is 0.620. The highest BCUT2D eigenvalue weighted by atomic mass is 32.1. The number of para-hydroxylation sites is 1. The number of rotatable bonds is 6. The van der Waals surface area contributed by atoms with Gasteiger partial charge < -0.3 is 5.32 Å². The van der Waals surface area contributed by atoms with Gasteiger partial charge in [-0.15, -0.1) is 11.3 Å². The van der Waals surface area contributed by atoms with Gasteiger partial charge in [-0.25, -0.2) is 4.98 Å². The highest BCUT2D eigenvalue weighted by Crippen LogP contribution is 2.22. The van der Waals surface area contributed by atoms with E-state index in [1.54, 1.807) is 0 Å². The molecule has 0 bridgehead atoms. The maximum atomic E-state index is 4.65. The van der Waals surface area contributed by atoms with Crippen molar-refractivity contribution in [2.24, 2.45) is 0 Å². The van der Waals surface area contributed by atoms with Crippen molar-refractivity contribution in [1.82, 2.24) is 10.3 Å². The van der Waals surface area contributed by atoms with Crippen LogP contribution in [0.5, 0.6) is 0 Å². The summed E-state index contributed by atoms with van der Waals surface area (Å²) in [6.07, 6.45) is 3.55. The Morgan fingerprint density at radius 2 is 2.18 bits per heavy atom. The molecule has 3 heteroatoms. The fraction of sp³-hybridized carbons (Fsp3) is 0.500. The fourth-order valence-electron chi connectivity index (χ4n) is 2.04. The maximum Gasteiger partial charge on any atom is 0.0938 e. The SMILES string of the molecule is CCNC(C)CCCc1nc2ccccc2s1. The summed E-state index contributed by atoms with van der Waals surface area (Å²) in [5.41, 5.74) is 1.15. The standard InChI is InChI=1S/C14H20N2S/c1-3-15-11(2)7-6-10-14-16-12-8-4-5-9-13(12)17-14/h4-5,8-9,11,15H,3,6-7,10H2,1-2H3. The van der Waals surface area contributed by atoms with Crippen molar-refractivity contribution in [2.45, 2.75) is 39.2 Å². The second-order valence-corrected chi connectivity index (χ2v) is 5.54. The first-order valence-electron chi connectivity index (χ1n) is 6.37. The van der Waals surface area contributed by atoms with Crippen LogP contribution in [-0.4, -0.2) is 17.6 Å². The first-order valence-corrected chi connectivity index (χ1v) is 7.19. The number of thiazole rings is 1. The minimum Gasteiger partial charge on any atom is -0.315 e. The van der Waals surface area contributed by atoms with Crippen molar-refractivity contribution < 1.29 is 0 Å². The lowest BCUT2D eigenvalue weighted by Crippen LogP contribution is -2.25. The normalized spacial score (nSPS) is 13.1. The van der Waals surface area contributed by atoms with Crippen molar-refractivity contribution in [3.63, 3.8) is 0 Å². The van der Waals surface area contributed by atoms with Gasteiger partial charge in [0, 0.05) is 6.04 Å². The Balaban J connectivity index is 1.86. The second kappa shape index (κ2) is 6.12. The molecule has 92 valence electrons. The van der Waals surface area contributed by atoms with Gasteiger partial charge in [-0.2, -0.15) is 0 Å². The Morgan fingerprint density at radius 1 is 1.35 bits per heavy atom. The number of nitrogens with zero attached hydrogens (tertiary/aromatic N) is 1. The third kappa shape index (κ3) is 3.51. The Labute approximate surface area is 107 Å². The monoisotopic (exact) mass is 248 g/mol. The number of fused-ring (bicyclic) bond motifs is 1. The van der Waals surface area contributed by atoms with Crippen molar-refractivity contribution in [3.05, 3.63) is 29.3 Å². The molecule has 0 saturated heterocycles. The van der Waals surface area contributed by atoms with E-state index in [9.17, 15) is 0 Å². The molecular formula is C14H20N2S. The van der Waals surface area contributed by atoms with E-state index in [0.29, 0.717) is 6.04 Å². The van der Waals surface area contributed by atoms with Crippen LogP contribution >= 0.6 is 11.3 Å². The Hall–Kier alpha value is -0.930. The first-order chi connectivity index (χ1) is 8.29. The largest absolute Gasteiger partial charge is 0.315 e. The summed E-state index contributed by atoms with van der Waals surface area (Å²) in [5, 5.41) is 4.71. The predicted molar refractivity (Wildman–Crippen MR) is 75.7 cm³/mol. The molecule has 0 radical (unpaired) electrons. The Bertz CT molecular complexity index is 431. The average Bonchev–Trinajstić information content (AvgIpc) is 2.71. The molecular weight excluding hydrogens is 228 g/mol. The highest BCUT2D eigenvalue weighted by Gasteiger charge is 2.04. The molecule has 2 nitrogen and oxygen atoms in total. The van der Waals surface area contributed by atoms with Gasteiger partial charge in [-0.1, -0.05) is 19.1 Å². The van der Waals surface area contributed by atoms with Gasteiger partial charge in [-0.3, -0.25) is 0 Å². The Morgan fingerprint density at radius 3 is 2.94 bits per heavy atom. The first kappa shape index (κ1) is 12.5. The molecule has 1 aromatic heterocycles. The van der Waals surface area contributed by atoms with E-state index in [2.05, 4.69) is 48.4 Å². The lowest BCUT2D eigenvalue weighted by molar-refractivity contribution is 0.512. The molecule has 1 heterocycles. The van der Waals surface area contributed by atoms with Crippen molar-refractivity contribution in [1.29, 1.82) is 0 Å². The fourth-order valence-corrected chi connectivity index (χ4v) is 3.05. The summed E-state index contributed by atoms with van der Waals surface area (Å²) in [6, 6.07) is 9.00. The minimum atomic E-state index is 0.620. The van der Waals surface area contributed by atoms with Gasteiger partial charge >= 0.3 is 0 Å². The van der Waals surface area contributed by atoms with Gasteiger partial charge in [0.15, 0.2) is 0 Å². The quantitative estimate of drug-likeness (QED) is 0.844. The van der Waals surface area contributed by atoms with E-state index >= 15 is 0 Å². The molecule has 0 aliphatic carbocycles. The van der Waals surface area contributed by atoms with Crippen LogP contribution in [0.2, 0.25) is 0 Å². The molecule has 0 aliphatic rings. The summed E-state index contributed by atoms with van der Waals surface area (Å²) in [5.74, 6) is 0. The van der Waals surface area contributed by atoms with E-state index in [1.807, 2.05) is 11.3 Å². The summed E-state index contributed by atoms with van der Waals surface area (Å²) in [4.78, 5) is 4.65. The molecule has 1 N–H and O–H groups in total. The molecule has 0 saturated carbocycles. The summed E-state index contributed by atoms with van der Waals surface area (Å²) in [6.45, 7) is 5.47. The lowest BCUT2D eigenvalue weighted by Gasteiger charge is -2.10. The van der Waals surface area contributed by atoms with Crippen LogP contribution in [-0.2, 0) is 6.42 Å². The van der Waals surface area contributed by atoms with E-state index < -0.39 is 0 Å². The molecule has 2 aromatic rings. The third-order valence-corrected chi connectivity index (χ3v) is 4.01. The van der Waals surface area contributed by atoms with Crippen LogP contribution in [0.15, 0.2) is 24.3 Å². The van der Waals surface area contributed by atoms with Crippen LogP contribution < -0.4 is 5.32 Å². The third-order valence-electron chi connectivity index (χ3n) is 2.92. The number of hydrogen-bond donors (Lipinski definition) is 1. The topological polar surface area (TPSA) is 24.9 Å². The molecule has 0 spiro atoms. The maximum absolute atomic E-state index is 4.65. The van der Waals surface area contributed by atoms with E-state index in [0.717, 1.165) is 18.5 Å². The number of aryl methyl sites for hydroxylation is 1. The predicted octanol–water partition coefficient (Wildman–Crippen LogP) is 3.62.